The highest BCUT2D eigenvalue weighted by Crippen LogP contribution is 2.55. The van der Waals surface area contributed by atoms with Crippen LogP contribution in [0.5, 0.6) is 0 Å². The minimum absolute atomic E-state index is 0.0647. The van der Waals surface area contributed by atoms with E-state index in [1.54, 1.807) is 0 Å². The summed E-state index contributed by atoms with van der Waals surface area (Å²) >= 11 is 0. The summed E-state index contributed by atoms with van der Waals surface area (Å²) < 4.78 is 7.93. The maximum atomic E-state index is 2.79. The van der Waals surface area contributed by atoms with E-state index in [0.29, 0.717) is 5.92 Å². The van der Waals surface area contributed by atoms with Crippen molar-refractivity contribution in [3.05, 3.63) is 162 Å². The third-order valence-corrected chi connectivity index (χ3v) is 13.1. The number of para-hydroxylation sites is 2. The zero-order valence-corrected chi connectivity index (χ0v) is 31.2. The fraction of sp³-hybridized carbons (Fsp3) is 0.265. The van der Waals surface area contributed by atoms with Crippen LogP contribution in [0.2, 0.25) is 0 Å². The number of hydrogen-bond donors (Lipinski definition) is 0. The van der Waals surface area contributed by atoms with Crippen LogP contribution < -0.4 is 9.13 Å². The molecule has 3 atom stereocenters. The lowest BCUT2D eigenvalue weighted by Gasteiger charge is -2.50. The highest BCUT2D eigenvalue weighted by molar-refractivity contribution is 5.87. The first-order valence-electron chi connectivity index (χ1n) is 19.4. The quantitative estimate of drug-likeness (QED) is 0.142. The van der Waals surface area contributed by atoms with Crippen LogP contribution in [0, 0.1) is 6.92 Å². The molecule has 0 fully saturated rings. The SMILES string of the molecule is CCC1(CCC[n+]2cc(-c3ccccc3)ccc2-c2ccccc2C)c2ccccc2-c2n3c4c(cccc4[n+]2C1(C)CC)C(C)c1ccccc1-3. The molecule has 52 heavy (non-hydrogen) atoms. The Balaban J connectivity index is 1.20. The van der Waals surface area contributed by atoms with E-state index in [4.69, 9.17) is 0 Å². The monoisotopic (exact) mass is 679 g/mol. The average Bonchev–Trinajstić information content (AvgIpc) is 3.55. The van der Waals surface area contributed by atoms with Gasteiger partial charge in [0.15, 0.2) is 17.2 Å². The van der Waals surface area contributed by atoms with E-state index in [2.05, 4.69) is 188 Å². The van der Waals surface area contributed by atoms with E-state index >= 15 is 0 Å². The van der Waals surface area contributed by atoms with Gasteiger partial charge in [0, 0.05) is 46.1 Å². The van der Waals surface area contributed by atoms with Crippen LogP contribution in [-0.2, 0) is 17.5 Å². The molecular weight excluding hydrogens is 631 g/mol. The second-order valence-electron chi connectivity index (χ2n) is 15.4. The van der Waals surface area contributed by atoms with Crippen molar-refractivity contribution in [1.82, 2.24) is 4.57 Å². The fourth-order valence-electron chi connectivity index (χ4n) is 10.3. The van der Waals surface area contributed by atoms with Gasteiger partial charge in [-0.1, -0.05) is 118 Å². The molecule has 9 rings (SSSR count). The second kappa shape index (κ2) is 12.4. The number of aryl methyl sites for hydroxylation is 2. The number of fused-ring (bicyclic) bond motifs is 7. The van der Waals surface area contributed by atoms with Gasteiger partial charge < -0.3 is 0 Å². The van der Waals surface area contributed by atoms with E-state index in [9.17, 15) is 0 Å². The Hall–Kier alpha value is -5.28. The molecule has 0 spiro atoms. The molecule has 3 heteroatoms. The molecule has 5 aromatic carbocycles. The Kier molecular flexibility index (Phi) is 7.80. The number of imidazole rings is 1. The van der Waals surface area contributed by atoms with Crippen molar-refractivity contribution < 1.29 is 9.13 Å². The summed E-state index contributed by atoms with van der Waals surface area (Å²) in [4.78, 5) is 0. The molecule has 7 aromatic rings. The van der Waals surface area contributed by atoms with Crippen LogP contribution in [0.4, 0.5) is 0 Å². The lowest BCUT2D eigenvalue weighted by molar-refractivity contribution is -0.744. The topological polar surface area (TPSA) is 12.7 Å². The standard InChI is InChI=1S/C49H49N3/c1-6-48(5)49(7-2,31-18-32-50-33-37(36-20-9-8-10-21-36)29-30-43(50)38-22-12-11-19-34(38)3)42-26-15-13-24-41(42)47-51-44-27-16-14-23-39(44)35(4)40-25-17-28-45(46(40)51)52(47)48/h8-17,19-30,33,35H,6-7,18,31-32H2,1-5H3/q+2. The van der Waals surface area contributed by atoms with Crippen molar-refractivity contribution in [3.8, 4) is 39.5 Å². The van der Waals surface area contributed by atoms with E-state index in [-0.39, 0.29) is 11.0 Å². The van der Waals surface area contributed by atoms with E-state index in [1.165, 1.54) is 72.7 Å². The molecule has 258 valence electrons. The van der Waals surface area contributed by atoms with Crippen LogP contribution in [-0.4, -0.2) is 4.57 Å². The third kappa shape index (κ3) is 4.57. The molecule has 3 unspecified atom stereocenters. The van der Waals surface area contributed by atoms with Gasteiger partial charge in [-0.3, -0.25) is 0 Å². The van der Waals surface area contributed by atoms with Gasteiger partial charge in [0.2, 0.25) is 5.69 Å². The largest absolute Gasteiger partial charge is 0.295 e. The summed E-state index contributed by atoms with van der Waals surface area (Å²) in [5, 5.41) is 0. The van der Waals surface area contributed by atoms with Crippen LogP contribution in [0.15, 0.2) is 140 Å². The number of aromatic nitrogens is 3. The minimum atomic E-state index is -0.147. The molecule has 0 amide bonds. The van der Waals surface area contributed by atoms with Gasteiger partial charge >= 0.3 is 0 Å². The molecule has 0 saturated heterocycles. The molecule has 0 bridgehead atoms. The van der Waals surface area contributed by atoms with Gasteiger partial charge in [0.05, 0.1) is 5.56 Å². The number of rotatable bonds is 8. The first kappa shape index (κ1) is 32.6. The molecular formula is C49H49N3+2. The Bertz CT molecular complexity index is 2470. The van der Waals surface area contributed by atoms with Gasteiger partial charge in [-0.25, -0.2) is 4.57 Å². The van der Waals surface area contributed by atoms with Gasteiger partial charge in [0.1, 0.15) is 17.8 Å². The summed E-state index contributed by atoms with van der Waals surface area (Å²) in [5.74, 6) is 1.67. The van der Waals surface area contributed by atoms with Crippen LogP contribution in [0.3, 0.4) is 0 Å². The smallest absolute Gasteiger partial charge is 0.216 e. The van der Waals surface area contributed by atoms with Crippen LogP contribution >= 0.6 is 0 Å². The van der Waals surface area contributed by atoms with Gasteiger partial charge in [-0.2, -0.15) is 9.13 Å². The second-order valence-corrected chi connectivity index (χ2v) is 15.4. The minimum Gasteiger partial charge on any atom is -0.216 e. The Morgan fingerprint density at radius 2 is 1.38 bits per heavy atom. The third-order valence-electron chi connectivity index (χ3n) is 13.1. The summed E-state index contributed by atoms with van der Waals surface area (Å²) in [6.07, 6.45) is 6.66. The number of benzene rings is 5. The van der Waals surface area contributed by atoms with Crippen LogP contribution in [0.25, 0.3) is 50.5 Å². The predicted molar refractivity (Wildman–Crippen MR) is 214 cm³/mol. The van der Waals surface area contributed by atoms with Crippen LogP contribution in [0.1, 0.15) is 81.5 Å². The Morgan fingerprint density at radius 3 is 2.17 bits per heavy atom. The summed E-state index contributed by atoms with van der Waals surface area (Å²) in [7, 11) is 0. The summed E-state index contributed by atoms with van der Waals surface area (Å²) in [6.45, 7) is 13.0. The van der Waals surface area contributed by atoms with Crippen molar-refractivity contribution in [2.75, 3.05) is 0 Å². The fourth-order valence-corrected chi connectivity index (χ4v) is 10.3. The van der Waals surface area contributed by atoms with Crippen molar-refractivity contribution in [2.45, 2.75) is 83.7 Å². The normalized spacial score (nSPS) is 20.0. The first-order valence-corrected chi connectivity index (χ1v) is 19.4. The lowest BCUT2D eigenvalue weighted by Crippen LogP contribution is -2.68. The molecule has 0 saturated carbocycles. The Morgan fingerprint density at radius 1 is 0.673 bits per heavy atom. The van der Waals surface area contributed by atoms with E-state index in [1.807, 2.05) is 0 Å². The van der Waals surface area contributed by atoms with E-state index < -0.39 is 0 Å². The van der Waals surface area contributed by atoms with Gasteiger partial charge in [0.25, 0.3) is 5.82 Å². The first-order chi connectivity index (χ1) is 25.4. The molecule has 2 aliphatic rings. The lowest BCUT2D eigenvalue weighted by atomic mass is 9.58. The molecule has 0 aliphatic carbocycles. The molecule has 0 N–H and O–H groups in total. The van der Waals surface area contributed by atoms with Crippen molar-refractivity contribution in [3.63, 3.8) is 0 Å². The number of nitrogens with zero attached hydrogens (tertiary/aromatic N) is 3. The van der Waals surface area contributed by atoms with Crippen molar-refractivity contribution in [2.24, 2.45) is 0 Å². The predicted octanol–water partition coefficient (Wildman–Crippen LogP) is 11.2. The molecule has 4 heterocycles. The summed E-state index contributed by atoms with van der Waals surface area (Å²) in [5.41, 5.74) is 16.0. The number of pyridine rings is 1. The number of hydrogen-bond acceptors (Lipinski definition) is 0. The maximum Gasteiger partial charge on any atom is 0.295 e. The van der Waals surface area contributed by atoms with Gasteiger partial charge in [-0.15, -0.1) is 0 Å². The maximum absolute atomic E-state index is 2.79. The molecule has 3 nitrogen and oxygen atoms in total. The molecule has 2 aliphatic heterocycles. The molecule has 0 radical (unpaired) electrons. The zero-order chi connectivity index (χ0) is 35.6. The summed E-state index contributed by atoms with van der Waals surface area (Å²) in [6, 6.07) is 49.8. The van der Waals surface area contributed by atoms with Crippen molar-refractivity contribution >= 4 is 11.0 Å². The average molecular weight is 680 g/mol. The van der Waals surface area contributed by atoms with Crippen molar-refractivity contribution in [1.29, 1.82) is 0 Å². The molecule has 2 aromatic heterocycles. The zero-order valence-electron chi connectivity index (χ0n) is 31.2. The Labute approximate surface area is 308 Å². The highest BCUT2D eigenvalue weighted by Gasteiger charge is 2.59. The highest BCUT2D eigenvalue weighted by atomic mass is 15.2. The van der Waals surface area contributed by atoms with E-state index in [0.717, 1.165) is 32.2 Å². The van der Waals surface area contributed by atoms with Gasteiger partial charge in [-0.05, 0) is 80.1 Å².